The summed E-state index contributed by atoms with van der Waals surface area (Å²) >= 11 is 0. The van der Waals surface area contributed by atoms with Crippen LogP contribution < -0.4 is 19.7 Å². The van der Waals surface area contributed by atoms with Crippen LogP contribution >= 0.6 is 0 Å². The van der Waals surface area contributed by atoms with E-state index in [1.165, 1.54) is 12.1 Å². The topological polar surface area (TPSA) is 148 Å². The van der Waals surface area contributed by atoms with E-state index in [0.29, 0.717) is 24.2 Å². The Morgan fingerprint density at radius 3 is 2.26 bits per heavy atom. The van der Waals surface area contributed by atoms with Gasteiger partial charge in [-0.3, -0.25) is 9.44 Å². The number of hydrogen-bond donors (Lipinski definition) is 5. The van der Waals surface area contributed by atoms with E-state index in [1.54, 1.807) is 32.0 Å². The number of nitrogens with one attached hydrogen (secondary N) is 3. The molecule has 38 heavy (non-hydrogen) atoms. The average Bonchev–Trinajstić information content (AvgIpc) is 2.88. The second kappa shape index (κ2) is 13.0. The molecule has 12 heteroatoms. The molecule has 0 amide bonds. The van der Waals surface area contributed by atoms with Crippen molar-refractivity contribution in [2.75, 3.05) is 39.7 Å². The van der Waals surface area contributed by atoms with Gasteiger partial charge < -0.3 is 20.4 Å². The normalized spacial score (nSPS) is 16.0. The predicted molar refractivity (Wildman–Crippen MR) is 153 cm³/mol. The number of hydrogen-bond acceptors (Lipinski definition) is 8. The highest BCUT2D eigenvalue weighted by molar-refractivity contribution is 7.93. The van der Waals surface area contributed by atoms with E-state index in [9.17, 15) is 27.0 Å². The molecular weight excluding hydrogens is 528 g/mol. The summed E-state index contributed by atoms with van der Waals surface area (Å²) in [6.07, 6.45) is 2.32. The van der Waals surface area contributed by atoms with Crippen molar-refractivity contribution in [2.24, 2.45) is 0 Å². The van der Waals surface area contributed by atoms with Crippen LogP contribution in [0.3, 0.4) is 0 Å². The molecule has 0 radical (unpaired) electrons. The molecule has 3 rings (SSSR count). The lowest BCUT2D eigenvalue weighted by molar-refractivity contribution is 0.167. The molecule has 0 bridgehead atoms. The Balaban J connectivity index is 1.49. The Hall–Kier alpha value is -2.54. The number of sulfonamides is 2. The van der Waals surface area contributed by atoms with Crippen molar-refractivity contribution in [1.82, 2.24) is 5.32 Å². The smallest absolute Gasteiger partial charge is 0.235 e. The number of aliphatic hydroxyl groups is 1. The average molecular weight is 569 g/mol. The van der Waals surface area contributed by atoms with E-state index in [2.05, 4.69) is 19.7 Å². The molecule has 1 fully saturated rings. The largest absolute Gasteiger partial charge is 0.506 e. The molecule has 2 aromatic carbocycles. The summed E-state index contributed by atoms with van der Waals surface area (Å²) in [5.41, 5.74) is 2.13. The van der Waals surface area contributed by atoms with Crippen LogP contribution in [-0.2, 0) is 20.0 Å². The minimum Gasteiger partial charge on any atom is -0.506 e. The van der Waals surface area contributed by atoms with Crippen LogP contribution in [0, 0.1) is 0 Å². The number of aliphatic hydroxyl groups excluding tert-OH is 1. The van der Waals surface area contributed by atoms with E-state index in [0.717, 1.165) is 38.0 Å². The first-order valence-electron chi connectivity index (χ1n) is 13.0. The molecule has 0 unspecified atom stereocenters. The molecule has 0 saturated carbocycles. The van der Waals surface area contributed by atoms with Gasteiger partial charge in [-0.05, 0) is 75.1 Å². The number of phenolic OH excluding ortho intramolecular Hbond substituents is 1. The van der Waals surface area contributed by atoms with Gasteiger partial charge >= 0.3 is 0 Å². The van der Waals surface area contributed by atoms with Crippen molar-refractivity contribution in [1.29, 1.82) is 0 Å². The van der Waals surface area contributed by atoms with Crippen molar-refractivity contribution in [3.8, 4) is 5.75 Å². The molecule has 0 spiro atoms. The minimum atomic E-state index is -3.63. The van der Waals surface area contributed by atoms with Crippen LogP contribution in [0.2, 0.25) is 0 Å². The second-order valence-corrected chi connectivity index (χ2v) is 14.1. The predicted octanol–water partition coefficient (Wildman–Crippen LogP) is 3.38. The van der Waals surface area contributed by atoms with Crippen LogP contribution in [0.1, 0.15) is 58.1 Å². The monoisotopic (exact) mass is 568 g/mol. The van der Waals surface area contributed by atoms with Crippen molar-refractivity contribution < 1.29 is 27.0 Å². The second-order valence-electron chi connectivity index (χ2n) is 9.98. The lowest BCUT2D eigenvalue weighted by Crippen LogP contribution is -2.43. The fraction of sp³-hybridized carbons (Fsp3) is 0.538. The molecule has 1 aliphatic rings. The number of benzene rings is 2. The van der Waals surface area contributed by atoms with Crippen molar-refractivity contribution in [2.45, 2.75) is 63.9 Å². The maximum atomic E-state index is 12.2. The molecule has 1 aliphatic heterocycles. The first-order valence-corrected chi connectivity index (χ1v) is 16.2. The standard InChI is InChI=1S/C26H40N4O6S2/c1-4-5-16-37(33,34)28-22-7-9-23(10-8-22)30-14-12-21(13-15-30)27-18-26(32)20-6-11-25(31)24(17-20)29-38(35,36)19(2)3/h6-11,17,19,21,26-29,31-32H,4-5,12-16,18H2,1-3H3/t26-/m1/s1. The summed E-state index contributed by atoms with van der Waals surface area (Å²) in [6.45, 7) is 6.96. The van der Waals surface area contributed by atoms with Gasteiger partial charge in [-0.1, -0.05) is 19.4 Å². The Kier molecular flexibility index (Phi) is 10.3. The summed E-state index contributed by atoms with van der Waals surface area (Å²) < 4.78 is 53.6. The van der Waals surface area contributed by atoms with Crippen molar-refractivity contribution >= 4 is 37.1 Å². The summed E-state index contributed by atoms with van der Waals surface area (Å²) in [4.78, 5) is 2.25. The number of phenols is 1. The highest BCUT2D eigenvalue weighted by Crippen LogP contribution is 2.29. The number of piperidine rings is 1. The third kappa shape index (κ3) is 8.48. The van der Waals surface area contributed by atoms with Crippen molar-refractivity contribution in [3.05, 3.63) is 48.0 Å². The van der Waals surface area contributed by atoms with Crippen LogP contribution in [0.5, 0.6) is 5.75 Å². The van der Waals surface area contributed by atoms with Gasteiger partial charge in [-0.25, -0.2) is 16.8 Å². The van der Waals surface area contributed by atoms with Gasteiger partial charge in [0, 0.05) is 37.1 Å². The number of nitrogens with zero attached hydrogens (tertiary/aromatic N) is 1. The van der Waals surface area contributed by atoms with E-state index >= 15 is 0 Å². The zero-order valence-corrected chi connectivity index (χ0v) is 23.9. The Labute approximate surface area is 226 Å². The molecule has 2 aromatic rings. The molecule has 0 aliphatic carbocycles. The maximum absolute atomic E-state index is 12.2. The number of unbranched alkanes of at least 4 members (excludes halogenated alkanes) is 1. The molecule has 5 N–H and O–H groups in total. The van der Waals surface area contributed by atoms with Gasteiger partial charge in [0.05, 0.1) is 22.8 Å². The van der Waals surface area contributed by atoms with Gasteiger partial charge in [0.1, 0.15) is 5.75 Å². The third-order valence-corrected chi connectivity index (χ3v) is 9.76. The Morgan fingerprint density at radius 1 is 1.00 bits per heavy atom. The molecule has 1 saturated heterocycles. The van der Waals surface area contributed by atoms with Crippen molar-refractivity contribution in [3.63, 3.8) is 0 Å². The zero-order valence-electron chi connectivity index (χ0n) is 22.2. The maximum Gasteiger partial charge on any atom is 0.235 e. The van der Waals surface area contributed by atoms with Crippen LogP contribution in [-0.4, -0.2) is 63.7 Å². The highest BCUT2D eigenvalue weighted by atomic mass is 32.2. The van der Waals surface area contributed by atoms with E-state index in [4.69, 9.17) is 0 Å². The van der Waals surface area contributed by atoms with E-state index in [-0.39, 0.29) is 23.2 Å². The molecule has 212 valence electrons. The Bertz CT molecular complexity index is 1260. The van der Waals surface area contributed by atoms with Gasteiger partial charge in [0.15, 0.2) is 0 Å². The SMILES string of the molecule is CCCCS(=O)(=O)Nc1ccc(N2CCC(NC[C@@H](O)c3ccc(O)c(NS(=O)(=O)C(C)C)c3)CC2)cc1. The molecular formula is C26H40N4O6S2. The third-order valence-electron chi connectivity index (χ3n) is 6.65. The minimum absolute atomic E-state index is 0.0448. The number of rotatable bonds is 13. The lowest BCUT2D eigenvalue weighted by atomic mass is 10.0. The highest BCUT2D eigenvalue weighted by Gasteiger charge is 2.22. The molecule has 0 aromatic heterocycles. The van der Waals surface area contributed by atoms with E-state index < -0.39 is 31.4 Å². The molecule has 10 nitrogen and oxygen atoms in total. The fourth-order valence-electron chi connectivity index (χ4n) is 4.16. The first-order chi connectivity index (χ1) is 17.9. The summed E-state index contributed by atoms with van der Waals surface area (Å²) in [6, 6.07) is 12.0. The molecule has 1 atom stereocenters. The quantitative estimate of drug-likeness (QED) is 0.231. The summed E-state index contributed by atoms with van der Waals surface area (Å²) in [5, 5.41) is 23.5. The van der Waals surface area contributed by atoms with Gasteiger partial charge in [-0.2, -0.15) is 0 Å². The number of aromatic hydroxyl groups is 1. The van der Waals surface area contributed by atoms with Crippen LogP contribution in [0.4, 0.5) is 17.1 Å². The molecule has 1 heterocycles. The number of anilines is 3. The van der Waals surface area contributed by atoms with Gasteiger partial charge in [0.2, 0.25) is 20.0 Å². The summed E-state index contributed by atoms with van der Waals surface area (Å²) in [7, 11) is -6.96. The fourth-order valence-corrected chi connectivity index (χ4v) is 6.13. The van der Waals surface area contributed by atoms with Crippen LogP contribution in [0.25, 0.3) is 0 Å². The zero-order chi connectivity index (χ0) is 27.9. The Morgan fingerprint density at radius 2 is 1.66 bits per heavy atom. The first kappa shape index (κ1) is 30.0. The summed E-state index contributed by atoms with van der Waals surface area (Å²) in [5.74, 6) is -0.0851. The van der Waals surface area contributed by atoms with Gasteiger partial charge in [0.25, 0.3) is 0 Å². The van der Waals surface area contributed by atoms with Gasteiger partial charge in [-0.15, -0.1) is 0 Å². The lowest BCUT2D eigenvalue weighted by Gasteiger charge is -2.34. The van der Waals surface area contributed by atoms with E-state index in [1.807, 2.05) is 19.1 Å². The van der Waals surface area contributed by atoms with Crippen LogP contribution in [0.15, 0.2) is 42.5 Å².